The van der Waals surface area contributed by atoms with E-state index in [9.17, 15) is 4.79 Å². The van der Waals surface area contributed by atoms with Crippen LogP contribution in [0.1, 0.15) is 53.9 Å². The lowest BCUT2D eigenvalue weighted by molar-refractivity contribution is -0.114. The molecule has 0 radical (unpaired) electrons. The van der Waals surface area contributed by atoms with E-state index in [-0.39, 0.29) is 22.7 Å². The van der Waals surface area contributed by atoms with Crippen LogP contribution >= 0.6 is 0 Å². The summed E-state index contributed by atoms with van der Waals surface area (Å²) in [5.41, 5.74) is -0.236. The minimum Gasteiger partial charge on any atom is -0.405 e. The van der Waals surface area contributed by atoms with Gasteiger partial charge in [-0.25, -0.2) is 0 Å². The molecule has 3 nitrogen and oxygen atoms in total. The van der Waals surface area contributed by atoms with Gasteiger partial charge >= 0.3 is 0 Å². The highest BCUT2D eigenvalue weighted by atomic mass is 28.4. The Morgan fingerprint density at radius 3 is 2.10 bits per heavy atom. The summed E-state index contributed by atoms with van der Waals surface area (Å²) in [5, 5.41) is 2.54. The summed E-state index contributed by atoms with van der Waals surface area (Å²) in [6, 6.07) is 21.4. The fourth-order valence-corrected chi connectivity index (χ4v) is 9.55. The maximum absolute atomic E-state index is 11.1. The van der Waals surface area contributed by atoms with Crippen LogP contribution in [-0.4, -0.2) is 32.9 Å². The van der Waals surface area contributed by atoms with Crippen molar-refractivity contribution < 1.29 is 14.0 Å². The molecule has 0 unspecified atom stereocenters. The van der Waals surface area contributed by atoms with Gasteiger partial charge in [-0.05, 0) is 41.6 Å². The molecule has 162 valence electrons. The highest BCUT2D eigenvalue weighted by molar-refractivity contribution is 6.99. The summed E-state index contributed by atoms with van der Waals surface area (Å²) in [4.78, 5) is 11.1. The van der Waals surface area contributed by atoms with Crippen LogP contribution in [0, 0.1) is 5.92 Å². The Hall–Kier alpha value is -1.75. The Labute approximate surface area is 182 Å². The number of carbonyl (C=O) groups is 1. The molecule has 0 spiro atoms. The molecule has 0 N–H and O–H groups in total. The Morgan fingerprint density at radius 2 is 1.63 bits per heavy atom. The van der Waals surface area contributed by atoms with E-state index in [4.69, 9.17) is 9.16 Å². The third-order valence-electron chi connectivity index (χ3n) is 6.33. The second-order valence-corrected chi connectivity index (χ2v) is 14.3. The number of rotatable bonds is 8. The number of benzene rings is 2. The normalized spacial score (nSPS) is 23.3. The van der Waals surface area contributed by atoms with Crippen LogP contribution in [0.25, 0.3) is 0 Å². The molecule has 0 saturated carbocycles. The third kappa shape index (κ3) is 4.77. The molecular formula is C26H36O3Si. The van der Waals surface area contributed by atoms with E-state index in [1.165, 1.54) is 10.4 Å². The van der Waals surface area contributed by atoms with Gasteiger partial charge in [0.15, 0.2) is 0 Å². The summed E-state index contributed by atoms with van der Waals surface area (Å²) in [5.74, 6) is 0.0198. The van der Waals surface area contributed by atoms with E-state index in [1.807, 2.05) is 6.92 Å². The second kappa shape index (κ2) is 9.17. The Bertz CT molecular complexity index is 776. The van der Waals surface area contributed by atoms with Gasteiger partial charge in [-0.15, -0.1) is 0 Å². The first-order chi connectivity index (χ1) is 14.2. The van der Waals surface area contributed by atoms with E-state index < -0.39 is 8.32 Å². The maximum Gasteiger partial charge on any atom is 0.261 e. The fraction of sp³-hybridized carbons (Fsp3) is 0.500. The van der Waals surface area contributed by atoms with E-state index in [0.29, 0.717) is 6.61 Å². The number of ether oxygens (including phenoxy) is 1. The molecule has 1 fully saturated rings. The van der Waals surface area contributed by atoms with Gasteiger partial charge in [0.1, 0.15) is 6.29 Å². The third-order valence-corrected chi connectivity index (χ3v) is 11.3. The first kappa shape index (κ1) is 22.9. The number of aldehydes is 1. The van der Waals surface area contributed by atoms with Crippen molar-refractivity contribution in [3.05, 3.63) is 60.7 Å². The van der Waals surface area contributed by atoms with Gasteiger partial charge < -0.3 is 14.0 Å². The largest absolute Gasteiger partial charge is 0.405 e. The summed E-state index contributed by atoms with van der Waals surface area (Å²) >= 11 is 0. The fourth-order valence-electron chi connectivity index (χ4n) is 4.96. The zero-order chi connectivity index (χ0) is 21.8. The predicted molar refractivity (Wildman–Crippen MR) is 126 cm³/mol. The maximum atomic E-state index is 11.1. The zero-order valence-electron chi connectivity index (χ0n) is 19.1. The van der Waals surface area contributed by atoms with E-state index >= 15 is 0 Å². The van der Waals surface area contributed by atoms with Gasteiger partial charge in [0.05, 0.1) is 18.3 Å². The lowest BCUT2D eigenvalue weighted by Crippen LogP contribution is -2.67. The van der Waals surface area contributed by atoms with Crippen molar-refractivity contribution in [3.8, 4) is 0 Å². The molecule has 2 aromatic rings. The lowest BCUT2D eigenvalue weighted by atomic mass is 9.91. The first-order valence-corrected chi connectivity index (χ1v) is 13.0. The second-order valence-electron chi connectivity index (χ2n) is 10.0. The Balaban J connectivity index is 1.89. The van der Waals surface area contributed by atoms with E-state index in [1.54, 1.807) is 0 Å². The van der Waals surface area contributed by atoms with Crippen LogP contribution in [-0.2, 0) is 14.0 Å². The zero-order valence-corrected chi connectivity index (χ0v) is 20.1. The summed E-state index contributed by atoms with van der Waals surface area (Å²) in [6.07, 6.45) is 3.81. The molecular weight excluding hydrogens is 388 g/mol. The molecule has 2 aromatic carbocycles. The predicted octanol–water partition coefficient (Wildman–Crippen LogP) is 4.73. The van der Waals surface area contributed by atoms with E-state index in [2.05, 4.69) is 88.4 Å². The van der Waals surface area contributed by atoms with Crippen LogP contribution in [0.15, 0.2) is 60.7 Å². The van der Waals surface area contributed by atoms with E-state index in [0.717, 1.165) is 25.5 Å². The molecule has 0 aromatic heterocycles. The van der Waals surface area contributed by atoms with Crippen LogP contribution in [0.4, 0.5) is 0 Å². The van der Waals surface area contributed by atoms with Gasteiger partial charge in [0.2, 0.25) is 0 Å². The molecule has 1 saturated heterocycles. The highest BCUT2D eigenvalue weighted by Gasteiger charge is 2.51. The SMILES string of the molecule is C[C@@H](C=O)C[C@@]1(C)CC[C@H](CO[Si](c2ccccc2)(c2ccccc2)C(C)(C)C)O1. The molecule has 1 aliphatic rings. The Morgan fingerprint density at radius 1 is 1.10 bits per heavy atom. The van der Waals surface area contributed by atoms with Crippen LogP contribution in [0.3, 0.4) is 0 Å². The number of hydrogen-bond acceptors (Lipinski definition) is 3. The highest BCUT2D eigenvalue weighted by Crippen LogP contribution is 2.39. The molecule has 3 rings (SSSR count). The molecule has 1 aliphatic heterocycles. The van der Waals surface area contributed by atoms with Crippen molar-refractivity contribution >= 4 is 25.0 Å². The summed E-state index contributed by atoms with van der Waals surface area (Å²) < 4.78 is 13.5. The van der Waals surface area contributed by atoms with Gasteiger partial charge in [-0.1, -0.05) is 88.4 Å². The average Bonchev–Trinajstić information content (AvgIpc) is 3.09. The van der Waals surface area contributed by atoms with Crippen molar-refractivity contribution in [2.75, 3.05) is 6.61 Å². The lowest BCUT2D eigenvalue weighted by Gasteiger charge is -2.43. The van der Waals surface area contributed by atoms with Gasteiger partial charge in [0.25, 0.3) is 8.32 Å². The molecule has 0 bridgehead atoms. The van der Waals surface area contributed by atoms with Crippen molar-refractivity contribution in [1.82, 2.24) is 0 Å². The summed E-state index contributed by atoms with van der Waals surface area (Å²) in [7, 11) is -2.54. The minimum atomic E-state index is -2.54. The molecule has 0 amide bonds. The minimum absolute atomic E-state index is 0.0198. The smallest absolute Gasteiger partial charge is 0.261 e. The molecule has 4 heteroatoms. The van der Waals surface area contributed by atoms with Crippen molar-refractivity contribution in [2.24, 2.45) is 5.92 Å². The topological polar surface area (TPSA) is 35.5 Å². The van der Waals surface area contributed by atoms with Crippen molar-refractivity contribution in [3.63, 3.8) is 0 Å². The number of carbonyl (C=O) groups excluding carboxylic acids is 1. The molecule has 1 heterocycles. The standard InChI is InChI=1S/C26H36O3Si/c1-21(19-27)18-26(5)17-16-22(29-26)20-28-30(25(2,3)4,23-12-8-6-9-13-23)24-14-10-7-11-15-24/h6-15,19,21-22H,16-18,20H2,1-5H3/t21-,22-,26-/m1/s1. The first-order valence-electron chi connectivity index (χ1n) is 11.1. The van der Waals surface area contributed by atoms with Gasteiger partial charge in [-0.3, -0.25) is 0 Å². The van der Waals surface area contributed by atoms with Crippen LogP contribution < -0.4 is 10.4 Å². The van der Waals surface area contributed by atoms with Crippen LogP contribution in [0.5, 0.6) is 0 Å². The summed E-state index contributed by atoms with van der Waals surface area (Å²) in [6.45, 7) is 11.6. The molecule has 3 atom stereocenters. The number of hydrogen-bond donors (Lipinski definition) is 0. The van der Waals surface area contributed by atoms with Gasteiger partial charge in [0, 0.05) is 5.92 Å². The average molecular weight is 425 g/mol. The van der Waals surface area contributed by atoms with Crippen molar-refractivity contribution in [1.29, 1.82) is 0 Å². The van der Waals surface area contributed by atoms with Gasteiger partial charge in [-0.2, -0.15) is 0 Å². The molecule has 0 aliphatic carbocycles. The monoisotopic (exact) mass is 424 g/mol. The van der Waals surface area contributed by atoms with Crippen LogP contribution in [0.2, 0.25) is 5.04 Å². The Kier molecular flexibility index (Phi) is 7.01. The molecule has 30 heavy (non-hydrogen) atoms. The van der Waals surface area contributed by atoms with Crippen molar-refractivity contribution in [2.45, 2.75) is 70.6 Å². The quantitative estimate of drug-likeness (QED) is 0.454.